The second-order valence-corrected chi connectivity index (χ2v) is 9.96. The van der Waals surface area contributed by atoms with Gasteiger partial charge in [-0.1, -0.05) is 39.3 Å². The molecule has 0 radical (unpaired) electrons. The van der Waals surface area contributed by atoms with Gasteiger partial charge in [-0.3, -0.25) is 4.79 Å². The Morgan fingerprint density at radius 1 is 1.12 bits per heavy atom. The summed E-state index contributed by atoms with van der Waals surface area (Å²) in [5.41, 5.74) is -0.246. The number of ether oxygens (including phenoxy) is 1. The number of aliphatic hydroxyl groups is 1. The summed E-state index contributed by atoms with van der Waals surface area (Å²) < 4.78 is 6.24. The average molecular weight is 337 g/mol. The summed E-state index contributed by atoms with van der Waals surface area (Å²) in [6.45, 7) is 14.6. The summed E-state index contributed by atoms with van der Waals surface area (Å²) in [5, 5.41) is 10.3. The summed E-state index contributed by atoms with van der Waals surface area (Å²) in [6, 6.07) is 0. The van der Waals surface area contributed by atoms with Crippen LogP contribution in [0.1, 0.15) is 80.6 Å². The highest BCUT2D eigenvalue weighted by Crippen LogP contribution is 2.50. The van der Waals surface area contributed by atoms with E-state index in [1.165, 1.54) is 0 Å². The van der Waals surface area contributed by atoms with Gasteiger partial charge in [-0.2, -0.15) is 0 Å². The summed E-state index contributed by atoms with van der Waals surface area (Å²) in [7, 11) is 0. The van der Waals surface area contributed by atoms with Crippen LogP contribution in [-0.4, -0.2) is 22.8 Å². The number of hydrogen-bond acceptors (Lipinski definition) is 3. The van der Waals surface area contributed by atoms with Gasteiger partial charge in [0.15, 0.2) is 0 Å². The fraction of sp³-hybridized carbons (Fsp3) is 0.857. The number of allylic oxidation sites excluding steroid dienone is 1. The zero-order valence-corrected chi connectivity index (χ0v) is 16.6. The first-order valence-electron chi connectivity index (χ1n) is 9.44. The van der Waals surface area contributed by atoms with Crippen LogP contribution in [0.2, 0.25) is 0 Å². The normalized spacial score (nSPS) is 35.8. The van der Waals surface area contributed by atoms with Gasteiger partial charge in [0.2, 0.25) is 0 Å². The van der Waals surface area contributed by atoms with E-state index < -0.39 is 11.0 Å². The first kappa shape index (κ1) is 19.5. The Morgan fingerprint density at radius 2 is 1.75 bits per heavy atom. The standard InChI is InChI=1S/C21H36O3/c1-14(2)10-20(7,19(4,5)6)18(23)24-21-11-15(3)8-16(12-21)9-17(22)13-21/h10,15-17,22H,8-9,11-13H2,1-7H3. The molecule has 5 unspecified atom stereocenters. The number of esters is 1. The van der Waals surface area contributed by atoms with E-state index in [4.69, 9.17) is 4.74 Å². The van der Waals surface area contributed by atoms with Crippen LogP contribution in [-0.2, 0) is 9.53 Å². The number of carbonyl (C=O) groups excluding carboxylic acids is 1. The fourth-order valence-electron chi connectivity index (χ4n) is 4.81. The van der Waals surface area contributed by atoms with E-state index in [-0.39, 0.29) is 17.5 Å². The smallest absolute Gasteiger partial charge is 0.316 e. The van der Waals surface area contributed by atoms with Crippen molar-refractivity contribution in [3.63, 3.8) is 0 Å². The minimum absolute atomic E-state index is 0.141. The van der Waals surface area contributed by atoms with E-state index in [1.807, 2.05) is 20.8 Å². The second-order valence-electron chi connectivity index (χ2n) is 9.96. The van der Waals surface area contributed by atoms with E-state index in [2.05, 4.69) is 33.8 Å². The van der Waals surface area contributed by atoms with Crippen LogP contribution < -0.4 is 0 Å². The molecule has 0 aromatic rings. The molecule has 2 saturated carbocycles. The molecule has 2 aliphatic carbocycles. The first-order valence-corrected chi connectivity index (χ1v) is 9.44. The fourth-order valence-corrected chi connectivity index (χ4v) is 4.81. The molecule has 3 nitrogen and oxygen atoms in total. The van der Waals surface area contributed by atoms with Gasteiger partial charge in [0.1, 0.15) is 5.60 Å². The highest BCUT2D eigenvalue weighted by atomic mass is 16.6. The number of carbonyl (C=O) groups is 1. The van der Waals surface area contributed by atoms with Gasteiger partial charge in [0, 0.05) is 6.42 Å². The number of hydrogen-bond donors (Lipinski definition) is 1. The molecule has 3 heteroatoms. The third kappa shape index (κ3) is 3.87. The molecular weight excluding hydrogens is 300 g/mol. The molecule has 1 N–H and O–H groups in total. The van der Waals surface area contributed by atoms with Crippen LogP contribution in [0, 0.1) is 22.7 Å². The van der Waals surface area contributed by atoms with Crippen molar-refractivity contribution in [3.05, 3.63) is 11.6 Å². The van der Waals surface area contributed by atoms with Crippen LogP contribution in [0.3, 0.4) is 0 Å². The lowest BCUT2D eigenvalue weighted by atomic mass is 9.64. The van der Waals surface area contributed by atoms with Crippen molar-refractivity contribution < 1.29 is 14.6 Å². The molecule has 0 heterocycles. The second kappa shape index (κ2) is 6.48. The molecule has 2 bridgehead atoms. The van der Waals surface area contributed by atoms with Crippen molar-refractivity contribution in [1.29, 1.82) is 0 Å². The maximum Gasteiger partial charge on any atom is 0.316 e. The van der Waals surface area contributed by atoms with Gasteiger partial charge >= 0.3 is 5.97 Å². The van der Waals surface area contributed by atoms with E-state index in [1.54, 1.807) is 0 Å². The lowest BCUT2D eigenvalue weighted by molar-refractivity contribution is -0.192. The maximum absolute atomic E-state index is 13.3. The lowest BCUT2D eigenvalue weighted by Gasteiger charge is -2.50. The molecule has 24 heavy (non-hydrogen) atoms. The maximum atomic E-state index is 13.3. The molecule has 2 fully saturated rings. The summed E-state index contributed by atoms with van der Waals surface area (Å²) >= 11 is 0. The molecule has 0 aromatic carbocycles. The molecule has 5 atom stereocenters. The van der Waals surface area contributed by atoms with Crippen molar-refractivity contribution in [2.24, 2.45) is 22.7 Å². The van der Waals surface area contributed by atoms with E-state index in [0.717, 1.165) is 31.3 Å². The molecule has 0 amide bonds. The number of rotatable bonds is 3. The Bertz CT molecular complexity index is 490. The Balaban J connectivity index is 2.30. The molecule has 0 aliphatic heterocycles. The summed E-state index contributed by atoms with van der Waals surface area (Å²) in [5.74, 6) is 0.890. The van der Waals surface area contributed by atoms with Crippen LogP contribution >= 0.6 is 0 Å². The predicted molar refractivity (Wildman–Crippen MR) is 97.6 cm³/mol. The molecule has 0 saturated heterocycles. The van der Waals surface area contributed by atoms with Gasteiger partial charge in [-0.15, -0.1) is 0 Å². The molecule has 2 rings (SSSR count). The number of fused-ring (bicyclic) bond motifs is 2. The largest absolute Gasteiger partial charge is 0.458 e. The Morgan fingerprint density at radius 3 is 2.29 bits per heavy atom. The Hall–Kier alpha value is -0.830. The van der Waals surface area contributed by atoms with Gasteiger partial charge in [-0.25, -0.2) is 0 Å². The zero-order chi connectivity index (χ0) is 18.3. The summed E-state index contributed by atoms with van der Waals surface area (Å²) in [4.78, 5) is 13.3. The monoisotopic (exact) mass is 336 g/mol. The van der Waals surface area contributed by atoms with Gasteiger partial charge < -0.3 is 9.84 Å². The first-order chi connectivity index (χ1) is 10.9. The summed E-state index contributed by atoms with van der Waals surface area (Å²) in [6.07, 6.45) is 6.09. The van der Waals surface area contributed by atoms with E-state index in [0.29, 0.717) is 18.3 Å². The highest BCUT2D eigenvalue weighted by Gasteiger charge is 2.51. The predicted octanol–water partition coefficient (Wildman–Crippen LogP) is 4.88. The van der Waals surface area contributed by atoms with E-state index >= 15 is 0 Å². The van der Waals surface area contributed by atoms with Crippen LogP contribution in [0.5, 0.6) is 0 Å². The molecule has 0 aromatic heterocycles. The minimum atomic E-state index is -0.667. The highest BCUT2D eigenvalue weighted by molar-refractivity contribution is 5.80. The van der Waals surface area contributed by atoms with Gasteiger partial charge in [-0.05, 0) is 63.7 Å². The van der Waals surface area contributed by atoms with Crippen molar-refractivity contribution >= 4 is 5.97 Å². The van der Waals surface area contributed by atoms with Crippen molar-refractivity contribution in [2.45, 2.75) is 92.3 Å². The van der Waals surface area contributed by atoms with Gasteiger partial charge in [0.25, 0.3) is 0 Å². The van der Waals surface area contributed by atoms with Crippen LogP contribution in [0.25, 0.3) is 0 Å². The Labute approximate surface area is 147 Å². The third-order valence-electron chi connectivity index (χ3n) is 6.20. The lowest BCUT2D eigenvalue weighted by Crippen LogP contribution is -2.52. The molecular formula is C21H36O3. The third-order valence-corrected chi connectivity index (χ3v) is 6.20. The Kier molecular flexibility index (Phi) is 5.26. The minimum Gasteiger partial charge on any atom is -0.458 e. The molecule has 2 aliphatic rings. The quantitative estimate of drug-likeness (QED) is 0.590. The molecule has 0 spiro atoms. The van der Waals surface area contributed by atoms with Crippen molar-refractivity contribution in [3.8, 4) is 0 Å². The van der Waals surface area contributed by atoms with Crippen LogP contribution in [0.15, 0.2) is 11.6 Å². The SMILES string of the molecule is CC(C)=CC(C)(C(=O)OC12CC(C)CC(CC(O)C1)C2)C(C)(C)C. The van der Waals surface area contributed by atoms with Gasteiger partial charge in [0.05, 0.1) is 11.5 Å². The zero-order valence-electron chi connectivity index (χ0n) is 16.6. The van der Waals surface area contributed by atoms with Crippen LogP contribution in [0.4, 0.5) is 0 Å². The average Bonchev–Trinajstić information content (AvgIpc) is 2.33. The number of aliphatic hydroxyl groups excluding tert-OH is 1. The molecule has 138 valence electrons. The topological polar surface area (TPSA) is 46.5 Å². The van der Waals surface area contributed by atoms with Crippen molar-refractivity contribution in [2.75, 3.05) is 0 Å². The van der Waals surface area contributed by atoms with Crippen molar-refractivity contribution in [1.82, 2.24) is 0 Å². The van der Waals surface area contributed by atoms with E-state index in [9.17, 15) is 9.90 Å².